The van der Waals surface area contributed by atoms with E-state index in [0.717, 1.165) is 31.4 Å². The molecule has 0 aromatic carbocycles. The molecule has 1 rings (SSSR count). The smallest absolute Gasteiger partial charge is 0.225 e. The molecule has 0 bridgehead atoms. The second-order valence-corrected chi connectivity index (χ2v) is 5.78. The van der Waals surface area contributed by atoms with E-state index in [9.17, 15) is 4.79 Å². The molecule has 0 aliphatic carbocycles. The number of amides is 1. The molecule has 0 aliphatic rings. The minimum absolute atomic E-state index is 0.0136. The fourth-order valence-corrected chi connectivity index (χ4v) is 2.00. The number of aryl methyl sites for hydroxylation is 1. The number of H-pyrrole nitrogens is 1. The van der Waals surface area contributed by atoms with Gasteiger partial charge in [-0.3, -0.25) is 9.89 Å². The predicted octanol–water partition coefficient (Wildman–Crippen LogP) is 2.46. The summed E-state index contributed by atoms with van der Waals surface area (Å²) in [6.45, 7) is 7.05. The summed E-state index contributed by atoms with van der Waals surface area (Å²) in [6.07, 6.45) is 4.28. The first-order valence-electron chi connectivity index (χ1n) is 7.01. The summed E-state index contributed by atoms with van der Waals surface area (Å²) in [6, 6.07) is 1.90. The number of carbonyl (C=O) groups is 1. The van der Waals surface area contributed by atoms with E-state index < -0.39 is 0 Å². The number of aromatic amines is 1. The van der Waals surface area contributed by atoms with E-state index in [-0.39, 0.29) is 11.3 Å². The van der Waals surface area contributed by atoms with Gasteiger partial charge in [0.25, 0.3) is 0 Å². The van der Waals surface area contributed by atoms with E-state index in [4.69, 9.17) is 5.73 Å². The van der Waals surface area contributed by atoms with Gasteiger partial charge in [0.15, 0.2) is 5.82 Å². The van der Waals surface area contributed by atoms with E-state index in [1.54, 1.807) is 0 Å². The SMILES string of the molecule is CCCc1cc(NC(=O)CCC(C)(C)CCN)n[nH]1. The third kappa shape index (κ3) is 5.87. The van der Waals surface area contributed by atoms with Crippen LogP contribution >= 0.6 is 0 Å². The number of hydrogen-bond donors (Lipinski definition) is 3. The molecule has 0 atom stereocenters. The van der Waals surface area contributed by atoms with Crippen LogP contribution in [0.5, 0.6) is 0 Å². The van der Waals surface area contributed by atoms with Gasteiger partial charge in [-0.2, -0.15) is 5.10 Å². The van der Waals surface area contributed by atoms with Crippen LogP contribution in [0.25, 0.3) is 0 Å². The molecule has 1 heterocycles. The van der Waals surface area contributed by atoms with Crippen LogP contribution in [0.2, 0.25) is 0 Å². The van der Waals surface area contributed by atoms with Gasteiger partial charge in [0.2, 0.25) is 5.91 Å². The molecule has 108 valence electrons. The Kier molecular flexibility index (Phi) is 6.02. The number of hydrogen-bond acceptors (Lipinski definition) is 3. The van der Waals surface area contributed by atoms with Gasteiger partial charge in [-0.1, -0.05) is 27.2 Å². The minimum atomic E-state index is 0.0136. The highest BCUT2D eigenvalue weighted by atomic mass is 16.1. The molecule has 19 heavy (non-hydrogen) atoms. The van der Waals surface area contributed by atoms with Gasteiger partial charge < -0.3 is 11.1 Å². The first-order chi connectivity index (χ1) is 8.96. The van der Waals surface area contributed by atoms with Crippen LogP contribution in [0.15, 0.2) is 6.07 Å². The first-order valence-corrected chi connectivity index (χ1v) is 7.01. The molecular formula is C14H26N4O. The van der Waals surface area contributed by atoms with Gasteiger partial charge in [-0.25, -0.2) is 0 Å². The number of carbonyl (C=O) groups excluding carboxylic acids is 1. The van der Waals surface area contributed by atoms with Crippen molar-refractivity contribution in [3.8, 4) is 0 Å². The molecule has 1 amide bonds. The number of nitrogens with zero attached hydrogens (tertiary/aromatic N) is 1. The predicted molar refractivity (Wildman–Crippen MR) is 77.9 cm³/mol. The standard InChI is InChI=1S/C14H26N4O/c1-4-5-11-10-12(18-17-11)16-13(19)6-7-14(2,3)8-9-15/h10H,4-9,15H2,1-3H3,(H2,16,17,18,19). The Morgan fingerprint density at radius 1 is 1.47 bits per heavy atom. The lowest BCUT2D eigenvalue weighted by atomic mass is 9.84. The molecular weight excluding hydrogens is 240 g/mol. The summed E-state index contributed by atoms with van der Waals surface area (Å²) in [5, 5.41) is 9.82. The molecule has 0 saturated heterocycles. The van der Waals surface area contributed by atoms with Crippen molar-refractivity contribution in [1.29, 1.82) is 0 Å². The first kappa shape index (κ1) is 15.7. The van der Waals surface area contributed by atoms with Crippen LogP contribution in [0.3, 0.4) is 0 Å². The summed E-state index contributed by atoms with van der Waals surface area (Å²) in [7, 11) is 0. The average Bonchev–Trinajstić information content (AvgIpc) is 2.75. The lowest BCUT2D eigenvalue weighted by Crippen LogP contribution is -2.20. The average molecular weight is 266 g/mol. The van der Waals surface area contributed by atoms with Crippen LogP contribution in [-0.2, 0) is 11.2 Å². The fraction of sp³-hybridized carbons (Fsp3) is 0.714. The second-order valence-electron chi connectivity index (χ2n) is 5.78. The highest BCUT2D eigenvalue weighted by Gasteiger charge is 2.18. The van der Waals surface area contributed by atoms with Crippen LogP contribution < -0.4 is 11.1 Å². The van der Waals surface area contributed by atoms with Crippen LogP contribution in [0.4, 0.5) is 5.82 Å². The number of rotatable bonds is 8. The van der Waals surface area contributed by atoms with Crippen molar-refractivity contribution in [2.75, 3.05) is 11.9 Å². The number of aromatic nitrogens is 2. The number of anilines is 1. The molecule has 0 fully saturated rings. The third-order valence-electron chi connectivity index (χ3n) is 3.27. The monoisotopic (exact) mass is 266 g/mol. The second kappa shape index (κ2) is 7.28. The maximum absolute atomic E-state index is 11.8. The summed E-state index contributed by atoms with van der Waals surface area (Å²) < 4.78 is 0. The zero-order valence-electron chi connectivity index (χ0n) is 12.3. The summed E-state index contributed by atoms with van der Waals surface area (Å²) in [5.41, 5.74) is 6.73. The maximum Gasteiger partial charge on any atom is 0.225 e. The molecule has 4 N–H and O–H groups in total. The number of nitrogens with two attached hydrogens (primary N) is 1. The summed E-state index contributed by atoms with van der Waals surface area (Å²) in [5.74, 6) is 0.629. The Morgan fingerprint density at radius 3 is 2.84 bits per heavy atom. The minimum Gasteiger partial charge on any atom is -0.330 e. The zero-order valence-corrected chi connectivity index (χ0v) is 12.3. The Morgan fingerprint density at radius 2 is 2.21 bits per heavy atom. The van der Waals surface area contributed by atoms with E-state index >= 15 is 0 Å². The molecule has 0 spiro atoms. The Bertz CT molecular complexity index is 398. The van der Waals surface area contributed by atoms with Crippen molar-refractivity contribution < 1.29 is 4.79 Å². The Balaban J connectivity index is 2.38. The molecule has 5 heteroatoms. The Hall–Kier alpha value is -1.36. The van der Waals surface area contributed by atoms with Crippen molar-refractivity contribution in [3.05, 3.63) is 11.8 Å². The highest BCUT2D eigenvalue weighted by molar-refractivity contribution is 5.89. The summed E-state index contributed by atoms with van der Waals surface area (Å²) >= 11 is 0. The number of nitrogens with one attached hydrogen (secondary N) is 2. The third-order valence-corrected chi connectivity index (χ3v) is 3.27. The van der Waals surface area contributed by atoms with Crippen molar-refractivity contribution >= 4 is 11.7 Å². The van der Waals surface area contributed by atoms with Gasteiger partial charge in [-0.05, 0) is 31.2 Å². The molecule has 0 aliphatic heterocycles. The molecule has 0 saturated carbocycles. The topological polar surface area (TPSA) is 83.8 Å². The van der Waals surface area contributed by atoms with Crippen molar-refractivity contribution in [2.24, 2.45) is 11.1 Å². The largest absolute Gasteiger partial charge is 0.330 e. The highest BCUT2D eigenvalue weighted by Crippen LogP contribution is 2.26. The van der Waals surface area contributed by atoms with Crippen molar-refractivity contribution in [1.82, 2.24) is 10.2 Å². The van der Waals surface area contributed by atoms with E-state index in [2.05, 4.69) is 36.3 Å². The van der Waals surface area contributed by atoms with Gasteiger partial charge in [0.05, 0.1) is 0 Å². The summed E-state index contributed by atoms with van der Waals surface area (Å²) in [4.78, 5) is 11.8. The maximum atomic E-state index is 11.8. The lowest BCUT2D eigenvalue weighted by Gasteiger charge is -2.23. The van der Waals surface area contributed by atoms with Gasteiger partial charge >= 0.3 is 0 Å². The van der Waals surface area contributed by atoms with Gasteiger partial charge in [-0.15, -0.1) is 0 Å². The Labute approximate surface area is 115 Å². The molecule has 1 aromatic rings. The van der Waals surface area contributed by atoms with Gasteiger partial charge in [0, 0.05) is 18.2 Å². The zero-order chi connectivity index (χ0) is 14.3. The van der Waals surface area contributed by atoms with Gasteiger partial charge in [0.1, 0.15) is 0 Å². The van der Waals surface area contributed by atoms with Crippen LogP contribution in [0.1, 0.15) is 52.1 Å². The van der Waals surface area contributed by atoms with Crippen LogP contribution in [-0.4, -0.2) is 22.6 Å². The molecule has 0 radical (unpaired) electrons. The normalized spacial score (nSPS) is 11.6. The lowest BCUT2D eigenvalue weighted by molar-refractivity contribution is -0.116. The van der Waals surface area contributed by atoms with E-state index in [0.29, 0.717) is 18.8 Å². The van der Waals surface area contributed by atoms with E-state index in [1.165, 1.54) is 0 Å². The molecule has 0 unspecified atom stereocenters. The quantitative estimate of drug-likeness (QED) is 0.675. The van der Waals surface area contributed by atoms with Crippen LogP contribution in [0, 0.1) is 5.41 Å². The fourth-order valence-electron chi connectivity index (χ4n) is 2.00. The molecule has 5 nitrogen and oxygen atoms in total. The van der Waals surface area contributed by atoms with Crippen molar-refractivity contribution in [2.45, 2.75) is 52.9 Å². The molecule has 1 aromatic heterocycles. The van der Waals surface area contributed by atoms with Crippen molar-refractivity contribution in [3.63, 3.8) is 0 Å². The van der Waals surface area contributed by atoms with E-state index in [1.807, 2.05) is 6.07 Å².